The van der Waals surface area contributed by atoms with Gasteiger partial charge in [-0.25, -0.2) is 12.8 Å². The molecule has 0 radical (unpaired) electrons. The van der Waals surface area contributed by atoms with Crippen LogP contribution in [0.15, 0.2) is 22.7 Å². The monoisotopic (exact) mass is 323 g/mol. The van der Waals surface area contributed by atoms with Crippen LogP contribution in [0, 0.1) is 5.82 Å². The van der Waals surface area contributed by atoms with Crippen LogP contribution in [0.5, 0.6) is 0 Å². The molecule has 1 aromatic rings. The molecule has 0 aromatic heterocycles. The Bertz CT molecular complexity index is 510. The number of benzene rings is 1. The van der Waals surface area contributed by atoms with Gasteiger partial charge < -0.3 is 5.32 Å². The maximum Gasteiger partial charge on any atom is 0.251 e. The number of carbonyl (C=O) groups excluding carboxylic acids is 1. The second-order valence-corrected chi connectivity index (χ2v) is 6.72. The van der Waals surface area contributed by atoms with Crippen molar-refractivity contribution in [2.24, 2.45) is 0 Å². The number of halogens is 2. The minimum absolute atomic E-state index is 0.00575. The molecular weight excluding hydrogens is 313 g/mol. The van der Waals surface area contributed by atoms with E-state index in [2.05, 4.69) is 21.2 Å². The van der Waals surface area contributed by atoms with Crippen molar-refractivity contribution in [1.29, 1.82) is 0 Å². The Labute approximate surface area is 107 Å². The summed E-state index contributed by atoms with van der Waals surface area (Å²) in [5, 5.41) is 2.40. The largest absolute Gasteiger partial charge is 0.351 e. The van der Waals surface area contributed by atoms with Crippen molar-refractivity contribution >= 4 is 31.7 Å². The van der Waals surface area contributed by atoms with Gasteiger partial charge in [0.2, 0.25) is 0 Å². The van der Waals surface area contributed by atoms with Gasteiger partial charge in [0.15, 0.2) is 0 Å². The molecule has 4 nitrogen and oxygen atoms in total. The van der Waals surface area contributed by atoms with E-state index in [-0.39, 0.29) is 17.9 Å². The van der Waals surface area contributed by atoms with E-state index in [0.717, 1.165) is 12.3 Å². The van der Waals surface area contributed by atoms with Gasteiger partial charge >= 0.3 is 0 Å². The summed E-state index contributed by atoms with van der Waals surface area (Å²) in [5.41, 5.74) is 0.144. The lowest BCUT2D eigenvalue weighted by atomic mass is 10.2. The molecule has 0 heterocycles. The summed E-state index contributed by atoms with van der Waals surface area (Å²) in [5.74, 6) is -1.18. The highest BCUT2D eigenvalue weighted by atomic mass is 79.9. The Balaban J connectivity index is 2.64. The van der Waals surface area contributed by atoms with Crippen LogP contribution in [0.4, 0.5) is 4.39 Å². The first-order chi connectivity index (χ1) is 7.78. The van der Waals surface area contributed by atoms with E-state index >= 15 is 0 Å². The van der Waals surface area contributed by atoms with Gasteiger partial charge in [0.1, 0.15) is 15.7 Å². The van der Waals surface area contributed by atoms with Crippen LogP contribution >= 0.6 is 15.9 Å². The number of rotatable bonds is 4. The first-order valence-electron chi connectivity index (χ1n) is 4.70. The van der Waals surface area contributed by atoms with Crippen molar-refractivity contribution in [3.8, 4) is 0 Å². The van der Waals surface area contributed by atoms with Gasteiger partial charge in [-0.05, 0) is 18.2 Å². The molecule has 1 amide bonds. The first kappa shape index (κ1) is 14.1. The molecule has 0 aliphatic rings. The van der Waals surface area contributed by atoms with E-state index in [9.17, 15) is 17.6 Å². The predicted molar refractivity (Wildman–Crippen MR) is 66.1 cm³/mol. The molecule has 0 atom stereocenters. The zero-order valence-corrected chi connectivity index (χ0v) is 11.4. The van der Waals surface area contributed by atoms with Crippen molar-refractivity contribution < 1.29 is 17.6 Å². The van der Waals surface area contributed by atoms with Gasteiger partial charge in [-0.15, -0.1) is 0 Å². The molecule has 1 rings (SSSR count). The van der Waals surface area contributed by atoms with Gasteiger partial charge in [-0.3, -0.25) is 4.79 Å². The molecule has 0 spiro atoms. The Morgan fingerprint density at radius 3 is 2.59 bits per heavy atom. The number of amides is 1. The van der Waals surface area contributed by atoms with Crippen molar-refractivity contribution in [2.75, 3.05) is 18.6 Å². The summed E-state index contributed by atoms with van der Waals surface area (Å²) < 4.78 is 35.1. The minimum atomic E-state index is -3.12. The molecule has 0 saturated heterocycles. The molecule has 0 aliphatic heterocycles. The molecule has 7 heteroatoms. The average Bonchev–Trinajstić information content (AvgIpc) is 2.13. The molecule has 94 valence electrons. The molecule has 0 aliphatic carbocycles. The fraction of sp³-hybridized carbons (Fsp3) is 0.300. The highest BCUT2D eigenvalue weighted by molar-refractivity contribution is 9.10. The second kappa shape index (κ2) is 5.59. The topological polar surface area (TPSA) is 63.2 Å². The quantitative estimate of drug-likeness (QED) is 0.910. The van der Waals surface area contributed by atoms with E-state index in [0.29, 0.717) is 4.47 Å². The summed E-state index contributed by atoms with van der Waals surface area (Å²) in [6.45, 7) is 0.00575. The molecular formula is C10H11BrFNO3S. The maximum atomic E-state index is 13.0. The molecule has 0 unspecified atom stereocenters. The van der Waals surface area contributed by atoms with Crippen molar-refractivity contribution in [2.45, 2.75) is 0 Å². The lowest BCUT2D eigenvalue weighted by Crippen LogP contribution is -2.28. The number of nitrogens with one attached hydrogen (secondary N) is 1. The zero-order valence-electron chi connectivity index (χ0n) is 9.04. The van der Waals surface area contributed by atoms with Crippen LogP contribution in [0.25, 0.3) is 0 Å². The third kappa shape index (κ3) is 5.27. The third-order valence-electron chi connectivity index (χ3n) is 1.88. The summed E-state index contributed by atoms with van der Waals surface area (Å²) in [6, 6.07) is 3.77. The molecule has 0 saturated carbocycles. The number of hydrogen-bond donors (Lipinski definition) is 1. The molecule has 1 aromatic carbocycles. The third-order valence-corrected chi connectivity index (χ3v) is 3.29. The number of hydrogen-bond acceptors (Lipinski definition) is 3. The average molecular weight is 324 g/mol. The van der Waals surface area contributed by atoms with Crippen LogP contribution in [-0.2, 0) is 9.84 Å². The maximum absolute atomic E-state index is 13.0. The van der Waals surface area contributed by atoms with Crippen LogP contribution < -0.4 is 5.32 Å². The van der Waals surface area contributed by atoms with Gasteiger partial charge in [0.05, 0.1) is 5.75 Å². The lowest BCUT2D eigenvalue weighted by Gasteiger charge is -2.05. The van der Waals surface area contributed by atoms with Crippen LogP contribution in [0.1, 0.15) is 10.4 Å². The normalized spacial score (nSPS) is 11.2. The predicted octanol–water partition coefficient (Wildman–Crippen LogP) is 1.36. The first-order valence-corrected chi connectivity index (χ1v) is 7.55. The second-order valence-electron chi connectivity index (χ2n) is 3.54. The van der Waals surface area contributed by atoms with Gasteiger partial charge in [0.25, 0.3) is 5.91 Å². The van der Waals surface area contributed by atoms with E-state index in [4.69, 9.17) is 0 Å². The van der Waals surface area contributed by atoms with Gasteiger partial charge in [0, 0.05) is 22.8 Å². The Morgan fingerprint density at radius 2 is 2.06 bits per heavy atom. The van der Waals surface area contributed by atoms with Crippen molar-refractivity contribution in [3.05, 3.63) is 34.1 Å². The number of sulfone groups is 1. The summed E-state index contributed by atoms with van der Waals surface area (Å²) in [4.78, 5) is 11.5. The minimum Gasteiger partial charge on any atom is -0.351 e. The fourth-order valence-electron chi connectivity index (χ4n) is 1.14. The molecule has 17 heavy (non-hydrogen) atoms. The fourth-order valence-corrected chi connectivity index (χ4v) is 2.08. The molecule has 1 N–H and O–H groups in total. The zero-order chi connectivity index (χ0) is 13.1. The Hall–Kier alpha value is -0.950. The van der Waals surface area contributed by atoms with Gasteiger partial charge in [-0.2, -0.15) is 0 Å². The van der Waals surface area contributed by atoms with Crippen molar-refractivity contribution in [1.82, 2.24) is 5.32 Å². The van der Waals surface area contributed by atoms with E-state index in [1.807, 2.05) is 0 Å². The van der Waals surface area contributed by atoms with Crippen molar-refractivity contribution in [3.63, 3.8) is 0 Å². The standard InChI is InChI=1S/C10H11BrFNO3S/c1-17(15,16)3-2-13-10(14)7-4-8(11)6-9(12)5-7/h4-6H,2-3H2,1H3,(H,13,14). The summed E-state index contributed by atoms with van der Waals surface area (Å²) in [7, 11) is -3.12. The van der Waals surface area contributed by atoms with E-state index < -0.39 is 21.6 Å². The van der Waals surface area contributed by atoms with E-state index in [1.165, 1.54) is 12.1 Å². The van der Waals surface area contributed by atoms with Crippen LogP contribution in [0.2, 0.25) is 0 Å². The highest BCUT2D eigenvalue weighted by Gasteiger charge is 2.09. The summed E-state index contributed by atoms with van der Waals surface area (Å²) >= 11 is 3.07. The van der Waals surface area contributed by atoms with Crippen LogP contribution in [-0.4, -0.2) is 32.9 Å². The SMILES string of the molecule is CS(=O)(=O)CCNC(=O)c1cc(F)cc(Br)c1. The van der Waals surface area contributed by atoms with Crippen LogP contribution in [0.3, 0.4) is 0 Å². The summed E-state index contributed by atoms with van der Waals surface area (Å²) in [6.07, 6.45) is 1.08. The smallest absolute Gasteiger partial charge is 0.251 e. The molecule has 0 fully saturated rings. The Kier molecular flexibility index (Phi) is 4.64. The molecule has 0 bridgehead atoms. The Morgan fingerprint density at radius 1 is 1.41 bits per heavy atom. The highest BCUT2D eigenvalue weighted by Crippen LogP contribution is 2.14. The van der Waals surface area contributed by atoms with Gasteiger partial charge in [-0.1, -0.05) is 15.9 Å². The number of carbonyl (C=O) groups is 1. The lowest BCUT2D eigenvalue weighted by molar-refractivity contribution is 0.0955. The van der Waals surface area contributed by atoms with E-state index in [1.54, 1.807) is 0 Å².